The Kier molecular flexibility index (Phi) is 3.34. The highest BCUT2D eigenvalue weighted by molar-refractivity contribution is 5.75. The Balaban J connectivity index is 1.63. The average molecular weight is 312 g/mol. The van der Waals surface area contributed by atoms with Crippen LogP contribution in [0.5, 0.6) is 0 Å². The first-order chi connectivity index (χ1) is 11.1. The number of aryl methyl sites for hydroxylation is 2. The molecule has 0 radical (unpaired) electrons. The maximum atomic E-state index is 9.64. The zero-order chi connectivity index (χ0) is 16.0. The predicted octanol–water partition coefficient (Wildman–Crippen LogP) is 2.79. The van der Waals surface area contributed by atoms with E-state index in [0.29, 0.717) is 11.9 Å². The molecule has 1 aliphatic carbocycles. The van der Waals surface area contributed by atoms with E-state index >= 15 is 0 Å². The van der Waals surface area contributed by atoms with E-state index in [-0.39, 0.29) is 12.1 Å². The van der Waals surface area contributed by atoms with Crippen molar-refractivity contribution in [3.8, 4) is 0 Å². The normalized spacial score (nSPS) is 22.0. The lowest BCUT2D eigenvalue weighted by atomic mass is 9.75. The molecule has 0 spiro atoms. The summed E-state index contributed by atoms with van der Waals surface area (Å²) in [5, 5.41) is 17.3. The molecule has 0 aliphatic heterocycles. The minimum absolute atomic E-state index is 0.0428. The third-order valence-electron chi connectivity index (χ3n) is 4.53. The van der Waals surface area contributed by atoms with E-state index in [1.807, 2.05) is 44.6 Å². The zero-order valence-corrected chi connectivity index (χ0v) is 13.2. The third-order valence-corrected chi connectivity index (χ3v) is 4.53. The van der Waals surface area contributed by atoms with E-state index in [1.165, 1.54) is 0 Å². The number of hydrogen-bond acceptors (Lipinski definition) is 5. The Labute approximate surface area is 134 Å². The highest BCUT2D eigenvalue weighted by atomic mass is 16.4. The number of benzene rings is 1. The molecule has 1 aliphatic rings. The lowest BCUT2D eigenvalue weighted by molar-refractivity contribution is 0.0336. The van der Waals surface area contributed by atoms with Crippen molar-refractivity contribution >= 4 is 17.1 Å². The third kappa shape index (κ3) is 2.70. The van der Waals surface area contributed by atoms with E-state index in [9.17, 15) is 5.11 Å². The van der Waals surface area contributed by atoms with Crippen LogP contribution in [0.4, 0.5) is 6.01 Å². The molecule has 2 aromatic heterocycles. The first kappa shape index (κ1) is 14.3. The summed E-state index contributed by atoms with van der Waals surface area (Å²) in [6.07, 6.45) is 5.22. The van der Waals surface area contributed by atoms with Crippen LogP contribution in [0.2, 0.25) is 0 Å². The van der Waals surface area contributed by atoms with Gasteiger partial charge in [-0.3, -0.25) is 4.68 Å². The number of nitrogens with zero attached hydrogens (tertiary/aromatic N) is 3. The Bertz CT molecular complexity index is 832. The summed E-state index contributed by atoms with van der Waals surface area (Å²) in [6.45, 7) is 2.04. The second-order valence-electron chi connectivity index (χ2n) is 6.44. The molecule has 1 fully saturated rings. The SMILES string of the molecule is Cc1ccc2oc(N[C@@H](c3cnn(C)c3)C3CC(O)C3)nc2c1. The maximum Gasteiger partial charge on any atom is 0.296 e. The van der Waals surface area contributed by atoms with Gasteiger partial charge in [-0.2, -0.15) is 10.1 Å². The first-order valence-corrected chi connectivity index (χ1v) is 7.89. The van der Waals surface area contributed by atoms with Crippen molar-refractivity contribution in [1.82, 2.24) is 14.8 Å². The predicted molar refractivity (Wildman–Crippen MR) is 87.0 cm³/mol. The lowest BCUT2D eigenvalue weighted by Gasteiger charge is -2.37. The summed E-state index contributed by atoms with van der Waals surface area (Å²) in [5.74, 6) is 0.353. The van der Waals surface area contributed by atoms with E-state index in [4.69, 9.17) is 4.42 Å². The Morgan fingerprint density at radius 3 is 2.91 bits per heavy atom. The summed E-state index contributed by atoms with van der Waals surface area (Å²) in [4.78, 5) is 4.54. The molecule has 3 aromatic rings. The summed E-state index contributed by atoms with van der Waals surface area (Å²) >= 11 is 0. The van der Waals surface area contributed by atoms with Gasteiger partial charge >= 0.3 is 0 Å². The smallest absolute Gasteiger partial charge is 0.296 e. The Morgan fingerprint density at radius 2 is 2.22 bits per heavy atom. The van der Waals surface area contributed by atoms with Crippen LogP contribution in [0.3, 0.4) is 0 Å². The highest BCUT2D eigenvalue weighted by Gasteiger charge is 2.36. The van der Waals surface area contributed by atoms with Gasteiger partial charge < -0.3 is 14.8 Å². The minimum Gasteiger partial charge on any atom is -0.424 e. The van der Waals surface area contributed by atoms with Gasteiger partial charge in [-0.25, -0.2) is 0 Å². The number of rotatable bonds is 4. The molecule has 1 aromatic carbocycles. The van der Waals surface area contributed by atoms with Gasteiger partial charge in [0.05, 0.1) is 18.3 Å². The topological polar surface area (TPSA) is 76.1 Å². The fourth-order valence-electron chi connectivity index (χ4n) is 3.21. The molecule has 6 heteroatoms. The van der Waals surface area contributed by atoms with Crippen molar-refractivity contribution in [1.29, 1.82) is 0 Å². The van der Waals surface area contributed by atoms with Crippen molar-refractivity contribution in [2.24, 2.45) is 13.0 Å². The van der Waals surface area contributed by atoms with Crippen LogP contribution < -0.4 is 5.32 Å². The molecule has 0 saturated heterocycles. The summed E-state index contributed by atoms with van der Waals surface area (Å²) in [7, 11) is 1.90. The molecule has 23 heavy (non-hydrogen) atoms. The molecule has 2 N–H and O–H groups in total. The summed E-state index contributed by atoms with van der Waals surface area (Å²) in [5.41, 5.74) is 3.87. The van der Waals surface area contributed by atoms with Crippen LogP contribution in [0.1, 0.15) is 30.0 Å². The van der Waals surface area contributed by atoms with Gasteiger partial charge in [-0.1, -0.05) is 6.07 Å². The minimum atomic E-state index is -0.202. The van der Waals surface area contributed by atoms with E-state index < -0.39 is 0 Å². The first-order valence-electron chi connectivity index (χ1n) is 7.89. The molecular formula is C17H20N4O2. The quantitative estimate of drug-likeness (QED) is 0.774. The zero-order valence-electron chi connectivity index (χ0n) is 13.2. The van der Waals surface area contributed by atoms with Crippen LogP contribution in [0.25, 0.3) is 11.1 Å². The largest absolute Gasteiger partial charge is 0.424 e. The number of oxazole rings is 1. The van der Waals surface area contributed by atoms with Gasteiger partial charge in [0.2, 0.25) is 0 Å². The number of nitrogens with one attached hydrogen (secondary N) is 1. The number of aliphatic hydroxyl groups excluding tert-OH is 1. The van der Waals surface area contributed by atoms with Crippen molar-refractivity contribution in [3.05, 3.63) is 41.7 Å². The Morgan fingerprint density at radius 1 is 1.39 bits per heavy atom. The van der Waals surface area contributed by atoms with Crippen LogP contribution >= 0.6 is 0 Å². The lowest BCUT2D eigenvalue weighted by Crippen LogP contribution is -2.35. The van der Waals surface area contributed by atoms with Gasteiger partial charge in [0.15, 0.2) is 5.58 Å². The van der Waals surface area contributed by atoms with Gasteiger partial charge in [0, 0.05) is 18.8 Å². The molecule has 1 atom stereocenters. The van der Waals surface area contributed by atoms with E-state index in [2.05, 4.69) is 15.4 Å². The van der Waals surface area contributed by atoms with Crippen LogP contribution in [-0.4, -0.2) is 26.0 Å². The molecule has 120 valence electrons. The molecular weight excluding hydrogens is 292 g/mol. The molecule has 2 heterocycles. The maximum absolute atomic E-state index is 9.64. The van der Waals surface area contributed by atoms with Crippen LogP contribution in [0, 0.1) is 12.8 Å². The van der Waals surface area contributed by atoms with Gasteiger partial charge in [0.25, 0.3) is 6.01 Å². The molecule has 6 nitrogen and oxygen atoms in total. The summed E-state index contributed by atoms with van der Waals surface area (Å²) < 4.78 is 7.60. The summed E-state index contributed by atoms with van der Waals surface area (Å²) in [6, 6.07) is 6.52. The molecule has 1 saturated carbocycles. The standard InChI is InChI=1S/C17H20N4O2/c1-10-3-4-15-14(5-10)19-17(23-15)20-16(11-6-13(22)7-11)12-8-18-21(2)9-12/h3-5,8-9,11,13,16,22H,6-7H2,1-2H3,(H,19,20)/t11?,13?,16-/m1/s1. The van der Waals surface area contributed by atoms with Crippen molar-refractivity contribution in [3.63, 3.8) is 0 Å². The van der Waals surface area contributed by atoms with Crippen LogP contribution in [0.15, 0.2) is 35.0 Å². The molecule has 0 unspecified atom stereocenters. The van der Waals surface area contributed by atoms with Crippen molar-refractivity contribution in [2.45, 2.75) is 31.9 Å². The number of hydrogen-bond donors (Lipinski definition) is 2. The highest BCUT2D eigenvalue weighted by Crippen LogP contribution is 2.40. The average Bonchev–Trinajstić information content (AvgIpc) is 3.07. The molecule has 0 amide bonds. The van der Waals surface area contributed by atoms with Crippen LogP contribution in [-0.2, 0) is 7.05 Å². The molecule has 4 rings (SSSR count). The fourth-order valence-corrected chi connectivity index (χ4v) is 3.21. The van der Waals surface area contributed by atoms with Gasteiger partial charge in [-0.05, 0) is 43.4 Å². The van der Waals surface area contributed by atoms with Gasteiger partial charge in [0.1, 0.15) is 5.52 Å². The number of fused-ring (bicyclic) bond motifs is 1. The second kappa shape index (κ2) is 5.38. The molecule has 0 bridgehead atoms. The Hall–Kier alpha value is -2.34. The van der Waals surface area contributed by atoms with Crippen molar-refractivity contribution < 1.29 is 9.52 Å². The second-order valence-corrected chi connectivity index (χ2v) is 6.44. The van der Waals surface area contributed by atoms with E-state index in [0.717, 1.165) is 35.1 Å². The van der Waals surface area contributed by atoms with E-state index in [1.54, 1.807) is 4.68 Å². The fraction of sp³-hybridized carbons (Fsp3) is 0.412. The number of aliphatic hydroxyl groups is 1. The van der Waals surface area contributed by atoms with Gasteiger partial charge in [-0.15, -0.1) is 0 Å². The number of aromatic nitrogens is 3. The number of anilines is 1. The monoisotopic (exact) mass is 312 g/mol. The van der Waals surface area contributed by atoms with Crippen molar-refractivity contribution in [2.75, 3.05) is 5.32 Å².